The zero-order valence-corrected chi connectivity index (χ0v) is 18.4. The number of carbonyl (C=O) groups excluding carboxylic acids is 1. The highest BCUT2D eigenvalue weighted by molar-refractivity contribution is 6.76. The van der Waals surface area contributed by atoms with Gasteiger partial charge in [0.25, 0.3) is 0 Å². The van der Waals surface area contributed by atoms with Gasteiger partial charge in [0.05, 0.1) is 5.41 Å². The lowest BCUT2D eigenvalue weighted by molar-refractivity contribution is -0.564. The van der Waals surface area contributed by atoms with Crippen LogP contribution in [0.25, 0.3) is 0 Å². The summed E-state index contributed by atoms with van der Waals surface area (Å²) in [7, 11) is -1.29. The first kappa shape index (κ1) is 18.6. The smallest absolute Gasteiger partial charge is 0.315 e. The van der Waals surface area contributed by atoms with Crippen LogP contribution in [0.4, 0.5) is 0 Å². The molecule has 6 heteroatoms. The molecule has 27 heavy (non-hydrogen) atoms. The number of carbonyl (C=O) groups is 1. The molecule has 5 nitrogen and oxygen atoms in total. The maximum Gasteiger partial charge on any atom is 0.315 e. The van der Waals surface area contributed by atoms with Crippen molar-refractivity contribution in [3.05, 3.63) is 0 Å². The van der Waals surface area contributed by atoms with Crippen LogP contribution in [-0.4, -0.2) is 31.7 Å². The van der Waals surface area contributed by atoms with E-state index in [1.807, 2.05) is 6.92 Å². The molecule has 4 saturated heterocycles. The number of fused-ring (bicyclic) bond motifs is 3. The van der Waals surface area contributed by atoms with Gasteiger partial charge in [0, 0.05) is 26.3 Å². The molecule has 8 atom stereocenters. The lowest BCUT2D eigenvalue weighted by Crippen LogP contribution is -2.75. The lowest BCUT2D eigenvalue weighted by atomic mass is 9.45. The molecule has 2 bridgehead atoms. The number of rotatable bonds is 2. The highest BCUT2D eigenvalue weighted by Gasteiger charge is 2.77. The third-order valence-corrected chi connectivity index (χ3v) is 10.1. The average Bonchev–Trinajstić information content (AvgIpc) is 2.79. The number of hydrogen-bond donors (Lipinski definition) is 0. The summed E-state index contributed by atoms with van der Waals surface area (Å²) in [4.78, 5) is 25.6. The number of esters is 1. The highest BCUT2D eigenvalue weighted by atomic mass is 28.3. The van der Waals surface area contributed by atoms with Gasteiger partial charge in [0.2, 0.25) is 12.1 Å². The van der Waals surface area contributed by atoms with Crippen LogP contribution in [0.1, 0.15) is 52.4 Å². The zero-order chi connectivity index (χ0) is 19.2. The minimum Gasteiger partial charge on any atom is -0.432 e. The molecule has 0 aromatic heterocycles. The van der Waals surface area contributed by atoms with E-state index in [1.165, 1.54) is 6.04 Å². The Labute approximate surface area is 163 Å². The van der Waals surface area contributed by atoms with Crippen LogP contribution in [0.15, 0.2) is 0 Å². The lowest BCUT2D eigenvalue weighted by Gasteiger charge is -2.66. The highest BCUT2D eigenvalue weighted by Crippen LogP contribution is 2.69. The van der Waals surface area contributed by atoms with E-state index in [1.54, 1.807) is 0 Å². The second-order valence-electron chi connectivity index (χ2n) is 11.3. The van der Waals surface area contributed by atoms with E-state index in [9.17, 15) is 4.79 Å². The first-order valence-electron chi connectivity index (χ1n) is 10.9. The van der Waals surface area contributed by atoms with Crippen molar-refractivity contribution in [1.82, 2.24) is 0 Å². The molecule has 4 aliphatic heterocycles. The molecule has 4 heterocycles. The minimum absolute atomic E-state index is 0.0225. The Morgan fingerprint density at radius 2 is 1.85 bits per heavy atom. The van der Waals surface area contributed by atoms with Crippen molar-refractivity contribution in [1.29, 1.82) is 0 Å². The van der Waals surface area contributed by atoms with Gasteiger partial charge in [-0.05, 0) is 50.9 Å². The van der Waals surface area contributed by atoms with Gasteiger partial charge < -0.3 is 9.47 Å². The van der Waals surface area contributed by atoms with Crippen LogP contribution in [0, 0.1) is 29.1 Å². The molecule has 0 N–H and O–H groups in total. The van der Waals surface area contributed by atoms with Crippen molar-refractivity contribution in [3.63, 3.8) is 0 Å². The predicted molar refractivity (Wildman–Crippen MR) is 102 cm³/mol. The standard InChI is InChI=1S/C21H34O5Si/c1-13-6-7-16-20(11-8-14(20)12-27(3,4)5)17(22)23-18-21(16)15(13)9-10-19(2,24-18)25-26-21/h13-16,18H,6-12H2,1-5H3/t13-,14?,15+,16+,18-,19-,20-,21-/m1/s1. The minimum atomic E-state index is -1.29. The first-order valence-corrected chi connectivity index (χ1v) is 14.6. The van der Waals surface area contributed by atoms with E-state index >= 15 is 0 Å². The van der Waals surface area contributed by atoms with Crippen molar-refractivity contribution < 1.29 is 24.0 Å². The van der Waals surface area contributed by atoms with Crippen LogP contribution in [0.2, 0.25) is 25.7 Å². The first-order chi connectivity index (χ1) is 12.6. The van der Waals surface area contributed by atoms with Crippen LogP contribution in [-0.2, 0) is 24.0 Å². The summed E-state index contributed by atoms with van der Waals surface area (Å²) in [6, 6.07) is 1.18. The molecule has 6 fully saturated rings. The van der Waals surface area contributed by atoms with E-state index in [0.717, 1.165) is 38.5 Å². The summed E-state index contributed by atoms with van der Waals surface area (Å²) in [6.45, 7) is 11.4. The average molecular weight is 395 g/mol. The second kappa shape index (κ2) is 5.58. The zero-order valence-electron chi connectivity index (χ0n) is 17.4. The molecule has 1 unspecified atom stereocenters. The van der Waals surface area contributed by atoms with E-state index in [4.69, 9.17) is 19.2 Å². The third-order valence-electron chi connectivity index (χ3n) is 8.43. The fraction of sp³-hybridized carbons (Fsp3) is 0.952. The Morgan fingerprint density at radius 3 is 2.52 bits per heavy atom. The quantitative estimate of drug-likeness (QED) is 0.392. The van der Waals surface area contributed by atoms with E-state index < -0.39 is 25.8 Å². The van der Waals surface area contributed by atoms with Crippen LogP contribution in [0.3, 0.4) is 0 Å². The molecular formula is C21H34O5Si. The van der Waals surface area contributed by atoms with Gasteiger partial charge in [-0.25, -0.2) is 9.78 Å². The molecule has 0 aromatic rings. The SMILES string of the molecule is C[C@@H]1CC[C@@H]2[C@]34OO[C@](C)(CC[C@@H]13)O[C@H]4OC(=O)[C@@]21CCC1C[Si](C)(C)C. The number of hydrogen-bond acceptors (Lipinski definition) is 5. The maximum absolute atomic E-state index is 13.4. The summed E-state index contributed by atoms with van der Waals surface area (Å²) in [5.74, 6) is 0.594. The van der Waals surface area contributed by atoms with Crippen molar-refractivity contribution in [2.75, 3.05) is 0 Å². The molecule has 2 saturated carbocycles. The largest absolute Gasteiger partial charge is 0.432 e. The summed E-state index contributed by atoms with van der Waals surface area (Å²) in [5, 5.41) is 0. The summed E-state index contributed by atoms with van der Waals surface area (Å²) in [5.41, 5.74) is -1.01. The van der Waals surface area contributed by atoms with Gasteiger partial charge in [-0.1, -0.05) is 32.6 Å². The molecule has 0 amide bonds. The molecule has 0 radical (unpaired) electrons. The predicted octanol–water partition coefficient (Wildman–Crippen LogP) is 4.49. The van der Waals surface area contributed by atoms with Gasteiger partial charge in [0.15, 0.2) is 5.60 Å². The molecule has 6 aliphatic rings. The second-order valence-corrected chi connectivity index (χ2v) is 16.8. The van der Waals surface area contributed by atoms with Crippen LogP contribution in [0.5, 0.6) is 0 Å². The van der Waals surface area contributed by atoms with Gasteiger partial charge in [0.1, 0.15) is 0 Å². The van der Waals surface area contributed by atoms with E-state index in [-0.39, 0.29) is 17.3 Å². The van der Waals surface area contributed by atoms with Crippen molar-refractivity contribution in [3.8, 4) is 0 Å². The Bertz CT molecular complexity index is 661. The summed E-state index contributed by atoms with van der Waals surface area (Å²) < 4.78 is 12.4. The Kier molecular flexibility index (Phi) is 3.84. The van der Waals surface area contributed by atoms with E-state index in [2.05, 4.69) is 26.6 Å². The fourth-order valence-corrected chi connectivity index (χ4v) is 9.17. The summed E-state index contributed by atoms with van der Waals surface area (Å²) >= 11 is 0. The maximum atomic E-state index is 13.4. The van der Waals surface area contributed by atoms with Gasteiger partial charge in [-0.2, -0.15) is 0 Å². The normalized spacial score (nSPS) is 54.1. The van der Waals surface area contributed by atoms with Crippen molar-refractivity contribution >= 4 is 14.0 Å². The van der Waals surface area contributed by atoms with Crippen LogP contribution >= 0.6 is 0 Å². The van der Waals surface area contributed by atoms with Crippen LogP contribution < -0.4 is 0 Å². The molecule has 2 spiro atoms. The van der Waals surface area contributed by atoms with Crippen molar-refractivity contribution in [2.24, 2.45) is 29.1 Å². The van der Waals surface area contributed by atoms with Gasteiger partial charge in [-0.15, -0.1) is 0 Å². The van der Waals surface area contributed by atoms with Gasteiger partial charge >= 0.3 is 5.97 Å². The molecule has 6 rings (SSSR count). The topological polar surface area (TPSA) is 54.0 Å². The Morgan fingerprint density at radius 1 is 1.07 bits per heavy atom. The Hall–Kier alpha value is -0.433. The molecule has 2 aliphatic carbocycles. The number of ether oxygens (including phenoxy) is 2. The molecule has 0 aromatic carbocycles. The summed E-state index contributed by atoms with van der Waals surface area (Å²) in [6.07, 6.45) is 5.40. The monoisotopic (exact) mass is 394 g/mol. The Balaban J connectivity index is 1.59. The fourth-order valence-electron chi connectivity index (χ4n) is 7.12. The van der Waals surface area contributed by atoms with Gasteiger partial charge in [-0.3, -0.25) is 4.79 Å². The van der Waals surface area contributed by atoms with Crippen molar-refractivity contribution in [2.45, 2.75) is 95.7 Å². The molecular weight excluding hydrogens is 360 g/mol. The van der Waals surface area contributed by atoms with E-state index in [0.29, 0.717) is 17.8 Å². The third kappa shape index (κ3) is 2.36. The molecule has 152 valence electrons.